The van der Waals surface area contributed by atoms with E-state index < -0.39 is 83.5 Å². The highest BCUT2D eigenvalue weighted by atomic mass is 16.6. The lowest BCUT2D eigenvalue weighted by Crippen LogP contribution is -2.42. The number of nitrogens with two attached hydrogens (primary N) is 1. The molecule has 0 aliphatic carbocycles. The number of unbranched alkanes of at least 4 members (excludes halogenated alkanes) is 4. The van der Waals surface area contributed by atoms with E-state index in [1.165, 1.54) is 64.8 Å². The van der Waals surface area contributed by atoms with Crippen LogP contribution in [0.5, 0.6) is 23.0 Å². The normalized spacial score (nSPS) is 11.8. The molecule has 0 unspecified atom stereocenters. The molecule has 0 radical (unpaired) electrons. The van der Waals surface area contributed by atoms with Crippen LogP contribution in [0.2, 0.25) is 0 Å². The number of hydrogen-bond donors (Lipinski definition) is 8. The van der Waals surface area contributed by atoms with Crippen molar-refractivity contribution in [1.82, 2.24) is 37.2 Å². The predicted octanol–water partition coefficient (Wildman–Crippen LogP) is 12.7. The molecule has 0 saturated heterocycles. The Morgan fingerprint density at radius 3 is 0.785 bits per heavy atom. The van der Waals surface area contributed by atoms with Crippen molar-refractivity contribution < 1.29 is 95.4 Å². The Balaban J connectivity index is 0.975. The molecule has 8 amide bonds. The van der Waals surface area contributed by atoms with Crippen LogP contribution in [0.1, 0.15) is 170 Å². The number of alkyl carbamates (subject to hydrolysis) is 4. The van der Waals surface area contributed by atoms with Gasteiger partial charge in [0.2, 0.25) is 0 Å². The summed E-state index contributed by atoms with van der Waals surface area (Å²) in [6, 6.07) is 51.7. The second-order valence-corrected chi connectivity index (χ2v) is 29.0. The number of ketones is 4. The minimum Gasteiger partial charge on any atom is -0.496 e. The molecule has 0 aliphatic rings. The van der Waals surface area contributed by atoms with Crippen molar-refractivity contribution in [2.45, 2.75) is 154 Å². The van der Waals surface area contributed by atoms with Gasteiger partial charge in [0.1, 0.15) is 55.2 Å². The van der Waals surface area contributed by atoms with Crippen LogP contribution >= 0.6 is 0 Å². The van der Waals surface area contributed by atoms with Crippen molar-refractivity contribution in [2.24, 2.45) is 11.7 Å². The summed E-state index contributed by atoms with van der Waals surface area (Å²) in [5.74, 6) is -4.21. The van der Waals surface area contributed by atoms with Gasteiger partial charge in [0.15, 0.2) is 17.3 Å². The Kier molecular flexibility index (Phi) is 38.8. The van der Waals surface area contributed by atoms with E-state index in [0.29, 0.717) is 80.2 Å². The lowest BCUT2D eigenvalue weighted by Gasteiger charge is -2.21. The van der Waals surface area contributed by atoms with Gasteiger partial charge in [0, 0.05) is 57.8 Å². The van der Waals surface area contributed by atoms with Crippen LogP contribution in [0.25, 0.3) is 0 Å². The average molecular weight is 1660 g/mol. The third-order valence-corrected chi connectivity index (χ3v) is 20.0. The van der Waals surface area contributed by atoms with Gasteiger partial charge in [-0.05, 0) is 164 Å². The van der Waals surface area contributed by atoms with E-state index in [1.807, 2.05) is 128 Å². The number of amides is 8. The third kappa shape index (κ3) is 32.1. The summed E-state index contributed by atoms with van der Waals surface area (Å²) in [5.41, 5.74) is 10.5. The molecule has 8 aromatic carbocycles. The number of benzene rings is 8. The number of methoxy groups -OCH3 is 4. The van der Waals surface area contributed by atoms with Gasteiger partial charge in [-0.3, -0.25) is 38.4 Å². The molecular weight excluding hydrogens is 1550 g/mol. The van der Waals surface area contributed by atoms with Crippen LogP contribution in [0, 0.1) is 5.92 Å². The zero-order valence-corrected chi connectivity index (χ0v) is 69.0. The van der Waals surface area contributed by atoms with Crippen molar-refractivity contribution in [3.63, 3.8) is 0 Å². The number of carbonyl (C=O) groups is 12. The zero-order valence-electron chi connectivity index (χ0n) is 69.0. The van der Waals surface area contributed by atoms with Crippen LogP contribution in [0.4, 0.5) is 19.2 Å². The van der Waals surface area contributed by atoms with Crippen LogP contribution in [0.3, 0.4) is 0 Å². The first-order chi connectivity index (χ1) is 58.6. The molecule has 0 bridgehead atoms. The molecule has 28 nitrogen and oxygen atoms in total. The van der Waals surface area contributed by atoms with Crippen LogP contribution in [-0.2, 0) is 90.2 Å². The van der Waals surface area contributed by atoms with Crippen LogP contribution in [0.15, 0.2) is 194 Å². The van der Waals surface area contributed by atoms with Crippen LogP contribution in [-0.4, -0.2) is 144 Å². The lowest BCUT2D eigenvalue weighted by atomic mass is 9.93. The number of hydrogen-bond acceptors (Lipinski definition) is 20. The number of Topliss-reactive ketones (excluding diaryl/α,β-unsaturated/α-hetero) is 4. The molecule has 121 heavy (non-hydrogen) atoms. The van der Waals surface area contributed by atoms with Crippen molar-refractivity contribution in [3.8, 4) is 23.0 Å². The van der Waals surface area contributed by atoms with Crippen molar-refractivity contribution in [1.29, 1.82) is 0 Å². The Morgan fingerprint density at radius 1 is 0.289 bits per heavy atom. The Bertz CT molecular complexity index is 4760. The smallest absolute Gasteiger partial charge is 0.407 e. The van der Waals surface area contributed by atoms with E-state index in [4.69, 9.17) is 43.6 Å². The number of carbonyl (C=O) groups excluding carboxylic acids is 12. The summed E-state index contributed by atoms with van der Waals surface area (Å²) in [6.45, 7) is 2.97. The van der Waals surface area contributed by atoms with Gasteiger partial charge < -0.3 is 80.8 Å². The quantitative estimate of drug-likeness (QED) is 0.0130. The second kappa shape index (κ2) is 50.4. The Labute approximate surface area is 704 Å². The fourth-order valence-electron chi connectivity index (χ4n) is 13.2. The van der Waals surface area contributed by atoms with Gasteiger partial charge >= 0.3 is 24.4 Å². The monoisotopic (exact) mass is 1660 g/mol. The SMILES string of the molecule is COc1ccc(CC(=O)[C@H](CCCCNC(=O)OCc2ccccc2)NC(=O)c2cc(CC(=O)[C@H](CCCCNC(=O)OCc3ccccc3)NC(=O)c3cc(CC(=O)[C@H](CCCCNC(=O)OCc4ccccc4)NC(=O)c4cc(CC(=O)[C@@H](C)CCCCNC(=O)OCc5ccccc5)ccc4OC)ccc3OC)ccc2OC)cc1C(N)=O. The molecule has 0 spiro atoms. The highest BCUT2D eigenvalue weighted by Gasteiger charge is 2.30. The number of ether oxygens (including phenoxy) is 8. The van der Waals surface area contributed by atoms with Gasteiger partial charge in [-0.1, -0.05) is 159 Å². The highest BCUT2D eigenvalue weighted by molar-refractivity contribution is 6.04. The minimum atomic E-state index is -1.22. The Morgan fingerprint density at radius 2 is 0.529 bits per heavy atom. The zero-order chi connectivity index (χ0) is 86.7. The molecular formula is C93H108N8O20. The van der Waals surface area contributed by atoms with E-state index in [2.05, 4.69) is 37.2 Å². The van der Waals surface area contributed by atoms with E-state index in [9.17, 15) is 57.5 Å². The van der Waals surface area contributed by atoms with Crippen molar-refractivity contribution in [2.75, 3.05) is 54.6 Å². The summed E-state index contributed by atoms with van der Waals surface area (Å²) in [5, 5.41) is 19.6. The van der Waals surface area contributed by atoms with E-state index in [0.717, 1.165) is 22.3 Å². The first kappa shape index (κ1) is 93.1. The summed E-state index contributed by atoms with van der Waals surface area (Å²) in [7, 11) is 5.46. The molecule has 8 rings (SSSR count). The number of primary amides is 1. The lowest BCUT2D eigenvalue weighted by molar-refractivity contribution is -0.122. The largest absolute Gasteiger partial charge is 0.496 e. The van der Waals surface area contributed by atoms with Crippen molar-refractivity contribution >= 4 is 71.1 Å². The van der Waals surface area contributed by atoms with Gasteiger partial charge in [0.05, 0.1) is 68.8 Å². The van der Waals surface area contributed by atoms with Gasteiger partial charge in [-0.25, -0.2) is 19.2 Å². The summed E-state index contributed by atoms with van der Waals surface area (Å²) in [6.07, 6.45) is 0.683. The molecule has 0 heterocycles. The average Bonchev–Trinajstić information content (AvgIpc) is 0.829. The second-order valence-electron chi connectivity index (χ2n) is 29.0. The molecule has 4 atom stereocenters. The molecule has 640 valence electrons. The molecule has 0 fully saturated rings. The van der Waals surface area contributed by atoms with Gasteiger partial charge in [0.25, 0.3) is 23.6 Å². The minimum absolute atomic E-state index is 0.0117. The first-order valence-corrected chi connectivity index (χ1v) is 40.4. The molecule has 0 aliphatic heterocycles. The van der Waals surface area contributed by atoms with E-state index >= 15 is 0 Å². The summed E-state index contributed by atoms with van der Waals surface area (Å²) >= 11 is 0. The maximum absolute atomic E-state index is 15.0. The highest BCUT2D eigenvalue weighted by Crippen LogP contribution is 2.28. The maximum atomic E-state index is 15.0. The van der Waals surface area contributed by atoms with E-state index in [-0.39, 0.29) is 154 Å². The number of nitrogens with one attached hydrogen (secondary N) is 7. The predicted molar refractivity (Wildman–Crippen MR) is 452 cm³/mol. The molecule has 0 saturated carbocycles. The fraction of sp³-hybridized carbons (Fsp3) is 0.355. The summed E-state index contributed by atoms with van der Waals surface area (Å²) in [4.78, 5) is 165. The van der Waals surface area contributed by atoms with Gasteiger partial charge in [-0.2, -0.15) is 0 Å². The molecule has 9 N–H and O–H groups in total. The third-order valence-electron chi connectivity index (χ3n) is 20.0. The first-order valence-electron chi connectivity index (χ1n) is 40.4. The Hall–Kier alpha value is -13.4. The van der Waals surface area contributed by atoms with Gasteiger partial charge in [-0.15, -0.1) is 0 Å². The molecule has 8 aromatic rings. The topological polar surface area (TPSA) is 389 Å². The van der Waals surface area contributed by atoms with E-state index in [1.54, 1.807) is 36.4 Å². The van der Waals surface area contributed by atoms with Crippen LogP contribution < -0.4 is 61.9 Å². The molecule has 28 heteroatoms. The summed E-state index contributed by atoms with van der Waals surface area (Å²) < 4.78 is 43.8. The van der Waals surface area contributed by atoms with Crippen molar-refractivity contribution in [3.05, 3.63) is 261 Å². The maximum Gasteiger partial charge on any atom is 0.407 e. The fourth-order valence-corrected chi connectivity index (χ4v) is 13.2. The molecule has 0 aromatic heterocycles. The standard InChI is InChI=1S/C93H108N8O20/c1-62(26-18-22-46-95-90(110)118-58-63-27-10-6-11-28-63)78(102)54-68-39-43-83(115-3)72(51-68)87(107)100-76(36-20-24-48-97-92(112)120-60-65-31-14-8-15-32-65)80(104)56-70-41-45-85(117-5)74(53-70)89(109)101-77(37-21-25-49-98-93(113)121-61-66-33-16-9-17-34-66)81(105)57-69-40-44-84(116-4)73(52-69)88(108)99-75(79(103)55-67-38-42-82(114-2)71(50-67)86(94)106)35-19-23-47-96-91(111)119-59-64-29-12-7-13-30-64/h6-17,27-34,38-45,50-53,62,75-77H,18-26,35-37,46-49,54-61H2,1-5H3,(H2,94,106)(H,95,110)(H,96,111)(H,97,112)(H,98,113)(H,99,108)(H,100,107)(H,101,109)/t62-,75-,76-,77-/m0/s1. The number of rotatable bonds is 51.